The van der Waals surface area contributed by atoms with Gasteiger partial charge in [0.2, 0.25) is 0 Å². The summed E-state index contributed by atoms with van der Waals surface area (Å²) >= 11 is 0. The molecule has 2 heteroatoms. The maximum absolute atomic E-state index is 4.70. The summed E-state index contributed by atoms with van der Waals surface area (Å²) in [7, 11) is 0. The van der Waals surface area contributed by atoms with Gasteiger partial charge >= 0.3 is 0 Å². The van der Waals surface area contributed by atoms with Gasteiger partial charge in [0.25, 0.3) is 0 Å². The van der Waals surface area contributed by atoms with Crippen LogP contribution in [0, 0.1) is 11.8 Å². The van der Waals surface area contributed by atoms with Crippen LogP contribution >= 0.6 is 0 Å². The molecule has 3 rings (SSSR count). The van der Waals surface area contributed by atoms with Crippen molar-refractivity contribution in [2.24, 2.45) is 0 Å². The molecular weight excluding hydrogens is 256 g/mol. The van der Waals surface area contributed by atoms with Gasteiger partial charge in [-0.1, -0.05) is 55.3 Å². The van der Waals surface area contributed by atoms with Gasteiger partial charge in [0.05, 0.1) is 12.1 Å². The van der Waals surface area contributed by atoms with Gasteiger partial charge in [-0.05, 0) is 30.0 Å². The number of hydrogen-bond donors (Lipinski definition) is 0. The van der Waals surface area contributed by atoms with Crippen LogP contribution in [0.15, 0.2) is 54.6 Å². The van der Waals surface area contributed by atoms with Crippen molar-refractivity contribution in [1.82, 2.24) is 9.78 Å². The molecule has 0 spiro atoms. The second-order valence-corrected chi connectivity index (χ2v) is 5.06. The van der Waals surface area contributed by atoms with E-state index in [0.717, 1.165) is 36.0 Å². The van der Waals surface area contributed by atoms with Crippen LogP contribution in [0.1, 0.15) is 31.0 Å². The lowest BCUT2D eigenvalue weighted by molar-refractivity contribution is 0.709. The fourth-order valence-corrected chi connectivity index (χ4v) is 2.37. The van der Waals surface area contributed by atoms with E-state index in [9.17, 15) is 0 Å². The molecule has 0 aliphatic heterocycles. The van der Waals surface area contributed by atoms with Gasteiger partial charge in [-0.2, -0.15) is 5.10 Å². The van der Waals surface area contributed by atoms with Crippen LogP contribution in [-0.2, 0) is 6.54 Å². The third kappa shape index (κ3) is 2.98. The average molecular weight is 274 g/mol. The SMILES string of the molecule is CCCC#Cc1nn(Cc2ccccc2)c2ccccc12. The number of fused-ring (bicyclic) bond motifs is 1. The molecule has 1 aromatic heterocycles. The summed E-state index contributed by atoms with van der Waals surface area (Å²) in [5.74, 6) is 6.41. The molecule has 2 aromatic carbocycles. The molecule has 0 amide bonds. The van der Waals surface area contributed by atoms with Gasteiger partial charge in [-0.25, -0.2) is 0 Å². The van der Waals surface area contributed by atoms with Crippen molar-refractivity contribution in [3.05, 3.63) is 65.9 Å². The number of para-hydroxylation sites is 1. The van der Waals surface area contributed by atoms with Gasteiger partial charge in [0, 0.05) is 11.8 Å². The van der Waals surface area contributed by atoms with E-state index in [1.54, 1.807) is 0 Å². The zero-order valence-electron chi connectivity index (χ0n) is 12.2. The molecule has 104 valence electrons. The van der Waals surface area contributed by atoms with Gasteiger partial charge in [-0.3, -0.25) is 4.68 Å². The smallest absolute Gasteiger partial charge is 0.143 e. The van der Waals surface area contributed by atoms with E-state index in [1.807, 2.05) is 16.8 Å². The predicted octanol–water partition coefficient (Wildman–Crippen LogP) is 4.24. The molecule has 0 saturated heterocycles. The first-order chi connectivity index (χ1) is 10.4. The summed E-state index contributed by atoms with van der Waals surface area (Å²) in [5, 5.41) is 5.84. The number of aromatic nitrogens is 2. The molecule has 0 N–H and O–H groups in total. The fourth-order valence-electron chi connectivity index (χ4n) is 2.37. The van der Waals surface area contributed by atoms with Crippen molar-refractivity contribution in [1.29, 1.82) is 0 Å². The molecular formula is C19H18N2. The Labute approximate surface area is 125 Å². The molecule has 2 nitrogen and oxygen atoms in total. The third-order valence-corrected chi connectivity index (χ3v) is 3.41. The van der Waals surface area contributed by atoms with Crippen molar-refractivity contribution in [2.45, 2.75) is 26.3 Å². The van der Waals surface area contributed by atoms with Crippen molar-refractivity contribution in [3.63, 3.8) is 0 Å². The van der Waals surface area contributed by atoms with Gasteiger partial charge in [0.15, 0.2) is 0 Å². The Morgan fingerprint density at radius 2 is 1.76 bits per heavy atom. The van der Waals surface area contributed by atoms with Crippen LogP contribution in [0.3, 0.4) is 0 Å². The Balaban J connectivity index is 2.01. The molecule has 0 aliphatic rings. The molecule has 0 unspecified atom stereocenters. The highest BCUT2D eigenvalue weighted by atomic mass is 15.3. The largest absolute Gasteiger partial charge is 0.259 e. The number of nitrogens with zero attached hydrogens (tertiary/aromatic N) is 2. The van der Waals surface area contributed by atoms with Crippen molar-refractivity contribution >= 4 is 10.9 Å². The number of rotatable bonds is 3. The molecule has 0 saturated carbocycles. The predicted molar refractivity (Wildman–Crippen MR) is 87.1 cm³/mol. The first kappa shape index (κ1) is 13.5. The quantitative estimate of drug-likeness (QED) is 0.653. The van der Waals surface area contributed by atoms with Crippen LogP contribution in [0.5, 0.6) is 0 Å². The molecule has 21 heavy (non-hydrogen) atoms. The minimum absolute atomic E-state index is 0.775. The fraction of sp³-hybridized carbons (Fsp3) is 0.211. The summed E-state index contributed by atoms with van der Waals surface area (Å²) in [6.07, 6.45) is 2.00. The average Bonchev–Trinajstić information content (AvgIpc) is 2.87. The first-order valence-electron chi connectivity index (χ1n) is 7.37. The van der Waals surface area contributed by atoms with Gasteiger partial charge in [0.1, 0.15) is 5.69 Å². The summed E-state index contributed by atoms with van der Waals surface area (Å²) < 4.78 is 2.04. The Morgan fingerprint density at radius 3 is 2.57 bits per heavy atom. The van der Waals surface area contributed by atoms with Gasteiger partial charge < -0.3 is 0 Å². The minimum atomic E-state index is 0.775. The van der Waals surface area contributed by atoms with E-state index in [-0.39, 0.29) is 0 Å². The van der Waals surface area contributed by atoms with E-state index in [2.05, 4.69) is 61.2 Å². The molecule has 1 heterocycles. The van der Waals surface area contributed by atoms with Crippen molar-refractivity contribution in [3.8, 4) is 11.8 Å². The maximum Gasteiger partial charge on any atom is 0.143 e. The summed E-state index contributed by atoms with van der Waals surface area (Å²) in [6.45, 7) is 2.91. The molecule has 0 bridgehead atoms. The Morgan fingerprint density at radius 1 is 1.00 bits per heavy atom. The highest BCUT2D eigenvalue weighted by Crippen LogP contribution is 2.19. The van der Waals surface area contributed by atoms with Crippen LogP contribution < -0.4 is 0 Å². The molecule has 0 radical (unpaired) electrons. The Bertz CT molecular complexity index is 789. The molecule has 0 aliphatic carbocycles. The van der Waals surface area contributed by atoms with Crippen LogP contribution in [-0.4, -0.2) is 9.78 Å². The van der Waals surface area contributed by atoms with Crippen molar-refractivity contribution < 1.29 is 0 Å². The third-order valence-electron chi connectivity index (χ3n) is 3.41. The van der Waals surface area contributed by atoms with E-state index in [4.69, 9.17) is 5.10 Å². The van der Waals surface area contributed by atoms with E-state index < -0.39 is 0 Å². The lowest BCUT2D eigenvalue weighted by Gasteiger charge is -2.03. The number of unbranched alkanes of at least 4 members (excludes halogenated alkanes) is 1. The molecule has 3 aromatic rings. The lowest BCUT2D eigenvalue weighted by Crippen LogP contribution is -2.01. The second-order valence-electron chi connectivity index (χ2n) is 5.06. The highest BCUT2D eigenvalue weighted by Gasteiger charge is 2.08. The van der Waals surface area contributed by atoms with Crippen LogP contribution in [0.4, 0.5) is 0 Å². The first-order valence-corrected chi connectivity index (χ1v) is 7.37. The summed E-state index contributed by atoms with van der Waals surface area (Å²) in [6, 6.07) is 18.7. The second kappa shape index (κ2) is 6.28. The maximum atomic E-state index is 4.70. The van der Waals surface area contributed by atoms with E-state index >= 15 is 0 Å². The summed E-state index contributed by atoms with van der Waals surface area (Å²) in [4.78, 5) is 0. The van der Waals surface area contributed by atoms with Crippen LogP contribution in [0.2, 0.25) is 0 Å². The lowest BCUT2D eigenvalue weighted by atomic mass is 10.2. The Kier molecular flexibility index (Phi) is 4.02. The molecule has 0 atom stereocenters. The Hall–Kier alpha value is -2.53. The van der Waals surface area contributed by atoms with Gasteiger partial charge in [-0.15, -0.1) is 0 Å². The van der Waals surface area contributed by atoms with E-state index in [1.165, 1.54) is 5.56 Å². The zero-order chi connectivity index (χ0) is 14.5. The number of hydrogen-bond acceptors (Lipinski definition) is 1. The normalized spacial score (nSPS) is 10.3. The zero-order valence-corrected chi connectivity index (χ0v) is 12.2. The number of benzene rings is 2. The van der Waals surface area contributed by atoms with Crippen LogP contribution in [0.25, 0.3) is 10.9 Å². The standard InChI is InChI=1S/C19H18N2/c1-2-3-5-13-18-17-12-8-9-14-19(17)21(20-18)15-16-10-6-4-7-11-16/h4,6-12,14H,2-3,15H2,1H3. The monoisotopic (exact) mass is 274 g/mol. The minimum Gasteiger partial charge on any atom is -0.259 e. The topological polar surface area (TPSA) is 17.8 Å². The van der Waals surface area contributed by atoms with E-state index in [0.29, 0.717) is 0 Å². The van der Waals surface area contributed by atoms with Crippen molar-refractivity contribution in [2.75, 3.05) is 0 Å². The summed E-state index contributed by atoms with van der Waals surface area (Å²) in [5.41, 5.74) is 3.27. The highest BCUT2D eigenvalue weighted by molar-refractivity contribution is 5.84. The molecule has 0 fully saturated rings.